The number of amides is 1. The number of rotatable bonds is 10. The molecule has 0 saturated heterocycles. The van der Waals surface area contributed by atoms with Gasteiger partial charge in [-0.1, -0.05) is 53.0 Å². The van der Waals surface area contributed by atoms with E-state index < -0.39 is 17.2 Å². The molecule has 1 amide bonds. The van der Waals surface area contributed by atoms with Crippen LogP contribution in [0.4, 0.5) is 4.39 Å². The molecule has 1 aliphatic heterocycles. The normalized spacial score (nSPS) is 12.5. The molecular formula is C30H33BrClFN4O4. The van der Waals surface area contributed by atoms with Gasteiger partial charge in [-0.3, -0.25) is 9.59 Å². The summed E-state index contributed by atoms with van der Waals surface area (Å²) in [6, 6.07) is 12.1. The molecule has 2 heterocycles. The summed E-state index contributed by atoms with van der Waals surface area (Å²) in [6.45, 7) is 3.18. The van der Waals surface area contributed by atoms with Crippen LogP contribution in [0.3, 0.4) is 0 Å². The van der Waals surface area contributed by atoms with Crippen molar-refractivity contribution in [1.82, 2.24) is 9.88 Å². The maximum absolute atomic E-state index is 14.3. The van der Waals surface area contributed by atoms with Gasteiger partial charge in [0.1, 0.15) is 24.5 Å². The second kappa shape index (κ2) is 15.0. The summed E-state index contributed by atoms with van der Waals surface area (Å²) in [6.07, 6.45) is 3.80. The zero-order chi connectivity index (χ0) is 28.5. The predicted molar refractivity (Wildman–Crippen MR) is 154 cm³/mol. The first-order chi connectivity index (χ1) is 19.2. The largest absolute Gasteiger partial charge is 1.00 e. The molecule has 41 heavy (non-hydrogen) atoms. The summed E-state index contributed by atoms with van der Waals surface area (Å²) in [4.78, 5) is 31.1. The number of aromatic nitrogens is 1. The molecule has 2 aromatic carbocycles. The zero-order valence-corrected chi connectivity index (χ0v) is 25.4. The molecule has 218 valence electrons. The molecule has 11 heteroatoms. The number of carbonyl (C=O) groups excluding carboxylic acids is 1. The SMILES string of the molecule is C[N+](C)(CC#CCOC1=NOCC1)CCCCNC(=O)c1cn(Cc2ccccc2)c2cc(Cl)c(F)cc2c1=O.[Br-]. The zero-order valence-electron chi connectivity index (χ0n) is 23.1. The summed E-state index contributed by atoms with van der Waals surface area (Å²) in [5, 5.41) is 6.65. The standard InChI is InChI=1S/C30H32ClFN4O4.BrH/c1-36(2,15-8-9-16-39-28-12-17-40-34-28)14-7-6-13-33-30(38)24-21-35(20-22-10-4-3-5-11-22)27-19-25(31)26(32)18-23(27)29(24)37;/h3-5,10-11,18-19,21H,6-7,12-17,20H2,1-2H3;1H. The first-order valence-electron chi connectivity index (χ1n) is 13.2. The average molecular weight is 648 g/mol. The van der Waals surface area contributed by atoms with Gasteiger partial charge in [-0.2, -0.15) is 0 Å². The van der Waals surface area contributed by atoms with Gasteiger partial charge < -0.3 is 40.9 Å². The third kappa shape index (κ3) is 9.05. The number of nitrogens with zero attached hydrogens (tertiary/aromatic N) is 3. The van der Waals surface area contributed by atoms with Crippen LogP contribution >= 0.6 is 11.6 Å². The molecular weight excluding hydrogens is 615 g/mol. The van der Waals surface area contributed by atoms with Crippen molar-refractivity contribution >= 4 is 34.3 Å². The molecule has 3 aromatic rings. The number of quaternary nitrogens is 1. The van der Waals surface area contributed by atoms with Gasteiger partial charge in [-0.15, -0.1) is 0 Å². The minimum absolute atomic E-state index is 0. The van der Waals surface area contributed by atoms with Crippen molar-refractivity contribution in [3.8, 4) is 11.8 Å². The molecule has 0 saturated carbocycles. The molecule has 0 atom stereocenters. The van der Waals surface area contributed by atoms with Crippen molar-refractivity contribution in [2.24, 2.45) is 5.16 Å². The van der Waals surface area contributed by atoms with Crippen molar-refractivity contribution in [2.75, 3.05) is 46.9 Å². The van der Waals surface area contributed by atoms with Gasteiger partial charge in [0.05, 0.1) is 37.6 Å². The summed E-state index contributed by atoms with van der Waals surface area (Å²) >= 11 is 6.02. The molecule has 1 aromatic heterocycles. The number of unbranched alkanes of at least 4 members (excludes halogenated alkanes) is 1. The highest BCUT2D eigenvalue weighted by molar-refractivity contribution is 6.31. The number of hydrogen-bond donors (Lipinski definition) is 1. The average Bonchev–Trinajstić information content (AvgIpc) is 3.45. The molecule has 0 radical (unpaired) electrons. The Balaban J connectivity index is 0.00000462. The van der Waals surface area contributed by atoms with Crippen LogP contribution in [0.25, 0.3) is 10.9 Å². The molecule has 1 aliphatic rings. The lowest BCUT2D eigenvalue weighted by atomic mass is 10.1. The Morgan fingerprint density at radius 3 is 2.73 bits per heavy atom. The lowest BCUT2D eigenvalue weighted by Crippen LogP contribution is -3.00. The van der Waals surface area contributed by atoms with Crippen molar-refractivity contribution in [3.63, 3.8) is 0 Å². The number of oxime groups is 1. The number of nitrogens with one attached hydrogen (secondary N) is 1. The summed E-state index contributed by atoms with van der Waals surface area (Å²) < 4.78 is 22.2. The smallest absolute Gasteiger partial charge is 0.256 e. The number of pyridine rings is 1. The Morgan fingerprint density at radius 1 is 1.22 bits per heavy atom. The number of halogens is 3. The summed E-state index contributed by atoms with van der Waals surface area (Å²) in [5.74, 6) is 5.54. The molecule has 0 unspecified atom stereocenters. The molecule has 0 aliphatic carbocycles. The van der Waals surface area contributed by atoms with Crippen LogP contribution in [0.1, 0.15) is 35.2 Å². The van der Waals surface area contributed by atoms with Crippen LogP contribution in [0.15, 0.2) is 58.6 Å². The Morgan fingerprint density at radius 2 is 2.00 bits per heavy atom. The Kier molecular flexibility index (Phi) is 11.8. The predicted octanol–water partition coefficient (Wildman–Crippen LogP) is 1.19. The second-order valence-electron chi connectivity index (χ2n) is 10.3. The van der Waals surface area contributed by atoms with E-state index in [1.807, 2.05) is 30.3 Å². The number of ether oxygens (including phenoxy) is 1. The molecule has 1 N–H and O–H groups in total. The minimum Gasteiger partial charge on any atom is -1.00 e. The van der Waals surface area contributed by atoms with Gasteiger partial charge in [-0.25, -0.2) is 4.39 Å². The minimum atomic E-state index is -0.703. The molecule has 0 spiro atoms. The van der Waals surface area contributed by atoms with Gasteiger partial charge in [0.15, 0.2) is 6.61 Å². The van der Waals surface area contributed by atoms with E-state index in [1.54, 1.807) is 4.57 Å². The quantitative estimate of drug-likeness (QED) is 0.204. The highest BCUT2D eigenvalue weighted by Crippen LogP contribution is 2.22. The monoisotopic (exact) mass is 646 g/mol. The van der Waals surface area contributed by atoms with E-state index >= 15 is 0 Å². The summed E-state index contributed by atoms with van der Waals surface area (Å²) in [7, 11) is 4.19. The van der Waals surface area contributed by atoms with E-state index in [1.165, 1.54) is 12.3 Å². The number of hydrogen-bond acceptors (Lipinski definition) is 5. The van der Waals surface area contributed by atoms with E-state index in [0.29, 0.717) is 48.6 Å². The van der Waals surface area contributed by atoms with E-state index in [4.69, 9.17) is 21.2 Å². The fourth-order valence-corrected chi connectivity index (χ4v) is 4.49. The van der Waals surface area contributed by atoms with Crippen LogP contribution in [-0.4, -0.2) is 67.8 Å². The van der Waals surface area contributed by atoms with Crippen LogP contribution in [0.2, 0.25) is 5.02 Å². The van der Waals surface area contributed by atoms with Crippen molar-refractivity contribution in [3.05, 3.63) is 80.9 Å². The van der Waals surface area contributed by atoms with Crippen LogP contribution < -0.4 is 27.7 Å². The van der Waals surface area contributed by atoms with Gasteiger partial charge >= 0.3 is 0 Å². The molecule has 8 nitrogen and oxygen atoms in total. The molecule has 4 rings (SSSR count). The third-order valence-electron chi connectivity index (χ3n) is 6.55. The topological polar surface area (TPSA) is 81.9 Å². The number of benzene rings is 2. The Bertz CT molecular complexity index is 1520. The van der Waals surface area contributed by atoms with E-state index in [9.17, 15) is 14.0 Å². The molecule has 0 bridgehead atoms. The van der Waals surface area contributed by atoms with E-state index in [-0.39, 0.29) is 39.6 Å². The Hall–Kier alpha value is -3.39. The first-order valence-corrected chi connectivity index (χ1v) is 13.5. The number of fused-ring (bicyclic) bond motifs is 1. The fourth-order valence-electron chi connectivity index (χ4n) is 4.33. The lowest BCUT2D eigenvalue weighted by Gasteiger charge is -2.27. The molecule has 0 fully saturated rings. The van der Waals surface area contributed by atoms with Gasteiger partial charge in [0, 0.05) is 24.7 Å². The maximum atomic E-state index is 14.3. The van der Waals surface area contributed by atoms with Gasteiger partial charge in [-0.05, 0) is 36.5 Å². The van der Waals surface area contributed by atoms with E-state index in [2.05, 4.69) is 36.4 Å². The fraction of sp³-hybridized carbons (Fsp3) is 0.367. The van der Waals surface area contributed by atoms with Crippen molar-refractivity contribution < 1.29 is 40.2 Å². The Labute approximate surface area is 254 Å². The van der Waals surface area contributed by atoms with E-state index in [0.717, 1.165) is 31.0 Å². The summed E-state index contributed by atoms with van der Waals surface area (Å²) in [5.41, 5.74) is 0.872. The van der Waals surface area contributed by atoms with Crippen molar-refractivity contribution in [1.29, 1.82) is 0 Å². The first kappa shape index (κ1) is 32.1. The second-order valence-corrected chi connectivity index (χ2v) is 10.7. The highest BCUT2D eigenvalue weighted by atomic mass is 79.9. The van der Waals surface area contributed by atoms with Gasteiger partial charge in [0.2, 0.25) is 11.3 Å². The van der Waals surface area contributed by atoms with Crippen LogP contribution in [0, 0.1) is 17.7 Å². The third-order valence-corrected chi connectivity index (χ3v) is 6.84. The lowest BCUT2D eigenvalue weighted by molar-refractivity contribution is -0.883. The van der Waals surface area contributed by atoms with Crippen LogP contribution in [-0.2, 0) is 16.1 Å². The van der Waals surface area contributed by atoms with Crippen LogP contribution in [0.5, 0.6) is 0 Å². The maximum Gasteiger partial charge on any atom is 0.256 e. The van der Waals surface area contributed by atoms with Crippen molar-refractivity contribution in [2.45, 2.75) is 25.8 Å². The highest BCUT2D eigenvalue weighted by Gasteiger charge is 2.18. The van der Waals surface area contributed by atoms with Gasteiger partial charge in [0.25, 0.3) is 5.91 Å². The number of carbonyl (C=O) groups is 1.